The summed E-state index contributed by atoms with van der Waals surface area (Å²) in [7, 11) is 0. The fourth-order valence-corrected chi connectivity index (χ4v) is 5.48. The van der Waals surface area contributed by atoms with Crippen molar-refractivity contribution in [2.75, 3.05) is 0 Å². The lowest BCUT2D eigenvalue weighted by molar-refractivity contribution is -0.0727. The Hall–Kier alpha value is -0.120. The molecule has 0 saturated carbocycles. The van der Waals surface area contributed by atoms with Crippen LogP contribution in [0.15, 0.2) is 96.3 Å². The maximum Gasteiger partial charge on any atom is 0.268 e. The number of rotatable bonds is 6. The highest BCUT2D eigenvalue weighted by Gasteiger charge is 2.43. The van der Waals surface area contributed by atoms with Gasteiger partial charge in [-0.15, -0.1) is 0 Å². The third-order valence-corrected chi connectivity index (χ3v) is 11.2. The van der Waals surface area contributed by atoms with Crippen LogP contribution in [0, 0.1) is 0 Å². The van der Waals surface area contributed by atoms with E-state index in [1.54, 1.807) is 12.2 Å². The fourth-order valence-electron chi connectivity index (χ4n) is 2.79. The quantitative estimate of drug-likeness (QED) is 0.230. The Balaban J connectivity index is 1.85. The van der Waals surface area contributed by atoms with Crippen molar-refractivity contribution < 1.29 is 14.2 Å². The Morgan fingerprint density at radius 3 is 1.79 bits per heavy atom. The summed E-state index contributed by atoms with van der Waals surface area (Å²) in [4.78, 5) is 0. The van der Waals surface area contributed by atoms with Crippen LogP contribution in [0.25, 0.3) is 0 Å². The Labute approximate surface area is 255 Å². The van der Waals surface area contributed by atoms with E-state index < -0.39 is 6.23 Å². The summed E-state index contributed by atoms with van der Waals surface area (Å²) in [5, 5.41) is 0. The molecule has 1 aliphatic rings. The number of hydrogen-bond acceptors (Lipinski definition) is 6. The predicted molar refractivity (Wildman–Crippen MR) is 155 cm³/mol. The molecule has 0 N–H and O–H groups in total. The van der Waals surface area contributed by atoms with Gasteiger partial charge in [-0.25, -0.2) is 0 Å². The maximum absolute atomic E-state index is 6.43. The minimum absolute atomic E-state index is 0.319. The Kier molecular flexibility index (Phi) is 9.47. The molecule has 0 saturated heterocycles. The van der Waals surface area contributed by atoms with E-state index in [4.69, 9.17) is 14.2 Å². The van der Waals surface area contributed by atoms with Crippen LogP contribution >= 0.6 is 112 Å². The SMILES string of the molecule is Brc1cccc(OC2=C(Oc3cccc(Br)c3Br)N(Br)N(Br)N(Br)C2Oc2ccccc2)c1Br. The van der Waals surface area contributed by atoms with Crippen molar-refractivity contribution in [3.8, 4) is 17.2 Å². The van der Waals surface area contributed by atoms with Crippen LogP contribution in [-0.4, -0.2) is 18.4 Å². The number of hydrazine groups is 2. The zero-order chi connectivity index (χ0) is 24.4. The van der Waals surface area contributed by atoms with Crippen LogP contribution < -0.4 is 14.2 Å². The van der Waals surface area contributed by atoms with Gasteiger partial charge >= 0.3 is 0 Å². The molecule has 0 spiro atoms. The van der Waals surface area contributed by atoms with Gasteiger partial charge in [0.1, 0.15) is 17.2 Å². The van der Waals surface area contributed by atoms with Gasteiger partial charge in [0.05, 0.1) is 41.2 Å². The minimum Gasteiger partial charge on any atom is -0.465 e. The van der Waals surface area contributed by atoms with Crippen molar-refractivity contribution in [2.24, 2.45) is 0 Å². The lowest BCUT2D eigenvalue weighted by atomic mass is 10.3. The third-order valence-electron chi connectivity index (χ3n) is 4.35. The monoisotopic (exact) mass is 907 g/mol. The van der Waals surface area contributed by atoms with Gasteiger partial charge in [0, 0.05) is 25.1 Å². The number of ether oxygens (including phenoxy) is 3. The standard InChI is InChI=1S/C21H12Br7N3O3/c22-13-8-4-10-15(17(13)24)33-19-20(32-12-6-2-1-3-7-12)29(26)31(28)30(27)21(19)34-16-11-5-9-14(23)18(16)25/h1-11,20H. The van der Waals surface area contributed by atoms with Crippen molar-refractivity contribution in [1.29, 1.82) is 0 Å². The summed E-state index contributed by atoms with van der Waals surface area (Å²) in [5.41, 5.74) is 0. The van der Waals surface area contributed by atoms with Crippen LogP contribution in [0.4, 0.5) is 0 Å². The van der Waals surface area contributed by atoms with E-state index in [0.29, 0.717) is 28.9 Å². The summed E-state index contributed by atoms with van der Waals surface area (Å²) in [6.45, 7) is 0. The number of halogens is 7. The molecular weight excluding hydrogens is 902 g/mol. The second kappa shape index (κ2) is 12.0. The predicted octanol–water partition coefficient (Wildman–Crippen LogP) is 9.45. The summed E-state index contributed by atoms with van der Waals surface area (Å²) < 4.78 is 27.0. The molecule has 3 aromatic carbocycles. The van der Waals surface area contributed by atoms with Gasteiger partial charge in [-0.05, 0) is 100 Å². The van der Waals surface area contributed by atoms with Crippen molar-refractivity contribution in [3.63, 3.8) is 0 Å². The molecule has 3 aromatic rings. The van der Waals surface area contributed by atoms with Gasteiger partial charge in [-0.2, -0.15) is 4.03 Å². The first-order valence-corrected chi connectivity index (χ1v) is 14.6. The highest BCUT2D eigenvalue weighted by molar-refractivity contribution is 9.13. The van der Waals surface area contributed by atoms with Gasteiger partial charge < -0.3 is 14.2 Å². The maximum atomic E-state index is 6.43. The molecule has 6 nitrogen and oxygen atoms in total. The topological polar surface area (TPSA) is 37.4 Å². The summed E-state index contributed by atoms with van der Waals surface area (Å²) in [5.74, 6) is 2.44. The van der Waals surface area contributed by atoms with Crippen molar-refractivity contribution in [1.82, 2.24) is 12.2 Å². The molecule has 1 atom stereocenters. The Bertz CT molecular complexity index is 1220. The van der Waals surface area contributed by atoms with E-state index >= 15 is 0 Å². The molecule has 0 radical (unpaired) electrons. The fraction of sp³-hybridized carbons (Fsp3) is 0.0476. The summed E-state index contributed by atoms with van der Waals surface area (Å²) in [6, 6.07) is 20.7. The average Bonchev–Trinajstić information content (AvgIpc) is 2.83. The largest absolute Gasteiger partial charge is 0.465 e. The van der Waals surface area contributed by atoms with Gasteiger partial charge in [-0.3, -0.25) is 0 Å². The van der Waals surface area contributed by atoms with Gasteiger partial charge in [-0.1, -0.05) is 38.5 Å². The molecule has 1 heterocycles. The first kappa shape index (κ1) is 26.9. The highest BCUT2D eigenvalue weighted by atomic mass is 79.9. The molecular formula is C21H12Br7N3O3. The van der Waals surface area contributed by atoms with Crippen LogP contribution in [0.5, 0.6) is 17.2 Å². The van der Waals surface area contributed by atoms with E-state index in [2.05, 4.69) is 112 Å². The summed E-state index contributed by atoms with van der Waals surface area (Å²) in [6.07, 6.45) is -0.776. The zero-order valence-electron chi connectivity index (χ0n) is 16.6. The molecule has 4 rings (SSSR count). The number of nitrogens with zero attached hydrogens (tertiary/aromatic N) is 3. The Morgan fingerprint density at radius 2 is 1.21 bits per heavy atom. The second-order valence-electron chi connectivity index (χ2n) is 6.55. The van der Waals surface area contributed by atoms with Crippen LogP contribution in [0.1, 0.15) is 0 Å². The summed E-state index contributed by atoms with van der Waals surface area (Å²) >= 11 is 24.8. The molecule has 0 fully saturated rings. The lowest BCUT2D eigenvalue weighted by Crippen LogP contribution is -2.53. The minimum atomic E-state index is -0.776. The van der Waals surface area contributed by atoms with Gasteiger partial charge in [0.2, 0.25) is 12.0 Å². The highest BCUT2D eigenvalue weighted by Crippen LogP contribution is 2.42. The third kappa shape index (κ3) is 5.88. The zero-order valence-corrected chi connectivity index (χ0v) is 27.7. The van der Waals surface area contributed by atoms with Crippen molar-refractivity contribution >= 4 is 112 Å². The van der Waals surface area contributed by atoms with Crippen molar-refractivity contribution in [2.45, 2.75) is 6.23 Å². The van der Waals surface area contributed by atoms with E-state index in [-0.39, 0.29) is 0 Å². The number of benzene rings is 3. The molecule has 0 aliphatic carbocycles. The molecule has 0 aromatic heterocycles. The molecule has 1 unspecified atom stereocenters. The molecule has 34 heavy (non-hydrogen) atoms. The Morgan fingerprint density at radius 1 is 0.647 bits per heavy atom. The number of para-hydroxylation sites is 1. The van der Waals surface area contributed by atoms with Gasteiger partial charge in [0.25, 0.3) is 5.88 Å². The van der Waals surface area contributed by atoms with Crippen molar-refractivity contribution in [3.05, 3.63) is 96.3 Å². The van der Waals surface area contributed by atoms with Crippen LogP contribution in [0.2, 0.25) is 0 Å². The lowest BCUT2D eigenvalue weighted by Gasteiger charge is -2.41. The first-order chi connectivity index (χ1) is 16.3. The smallest absolute Gasteiger partial charge is 0.268 e. The first-order valence-electron chi connectivity index (χ1n) is 9.34. The van der Waals surface area contributed by atoms with Crippen LogP contribution in [-0.2, 0) is 0 Å². The van der Waals surface area contributed by atoms with E-state index in [1.807, 2.05) is 66.7 Å². The van der Waals surface area contributed by atoms with Crippen LogP contribution in [0.3, 0.4) is 0 Å². The molecule has 178 valence electrons. The number of hydrogen-bond donors (Lipinski definition) is 0. The molecule has 13 heteroatoms. The normalized spacial score (nSPS) is 17.1. The van der Waals surface area contributed by atoms with Gasteiger partial charge in [0.15, 0.2) is 0 Å². The molecule has 0 amide bonds. The van der Waals surface area contributed by atoms with E-state index in [1.165, 1.54) is 0 Å². The van der Waals surface area contributed by atoms with E-state index in [9.17, 15) is 0 Å². The van der Waals surface area contributed by atoms with E-state index in [0.717, 1.165) is 17.9 Å². The molecule has 0 bridgehead atoms. The average molecular weight is 914 g/mol. The molecule has 1 aliphatic heterocycles. The second-order valence-corrected chi connectivity index (χ2v) is 11.9.